The zero-order valence-corrected chi connectivity index (χ0v) is 11.0. The molecule has 0 radical (unpaired) electrons. The quantitative estimate of drug-likeness (QED) is 0.877. The molecule has 0 spiro atoms. The van der Waals surface area contributed by atoms with Crippen LogP contribution in [0.15, 0.2) is 18.2 Å². The summed E-state index contributed by atoms with van der Waals surface area (Å²) in [5.74, 6) is -0.636. The maximum Gasteiger partial charge on any atom is 0.251 e. The Morgan fingerprint density at radius 1 is 1.37 bits per heavy atom. The van der Waals surface area contributed by atoms with Crippen LogP contribution in [-0.4, -0.2) is 25.1 Å². The molecular formula is C14H19FN2O2. The molecule has 0 atom stereocenters. The van der Waals surface area contributed by atoms with Crippen LogP contribution in [0, 0.1) is 5.82 Å². The Balaban J connectivity index is 1.98. The number of halogens is 1. The molecular weight excluding hydrogens is 247 g/mol. The maximum absolute atomic E-state index is 13.5. The van der Waals surface area contributed by atoms with Crippen molar-refractivity contribution in [3.63, 3.8) is 0 Å². The lowest BCUT2D eigenvalue weighted by atomic mass is 9.91. The minimum atomic E-state index is -0.527. The monoisotopic (exact) mass is 266 g/mol. The van der Waals surface area contributed by atoms with E-state index in [1.165, 1.54) is 19.2 Å². The number of carbonyl (C=O) groups excluding carboxylic acids is 1. The predicted octanol–water partition coefficient (Wildman–Crippen LogP) is 1.83. The minimum Gasteiger partial charge on any atom is -0.494 e. The summed E-state index contributed by atoms with van der Waals surface area (Å²) in [4.78, 5) is 12.0. The van der Waals surface area contributed by atoms with Crippen molar-refractivity contribution in [3.05, 3.63) is 29.6 Å². The third-order valence-corrected chi connectivity index (χ3v) is 3.52. The summed E-state index contributed by atoms with van der Waals surface area (Å²) >= 11 is 0. The molecule has 104 valence electrons. The maximum atomic E-state index is 13.5. The Labute approximate surface area is 112 Å². The second-order valence-electron chi connectivity index (χ2n) is 4.93. The lowest BCUT2D eigenvalue weighted by Crippen LogP contribution is -2.40. The van der Waals surface area contributed by atoms with Crippen molar-refractivity contribution in [1.82, 2.24) is 5.32 Å². The highest BCUT2D eigenvalue weighted by atomic mass is 19.1. The average molecular weight is 266 g/mol. The Morgan fingerprint density at radius 3 is 2.63 bits per heavy atom. The molecule has 1 amide bonds. The molecule has 19 heavy (non-hydrogen) atoms. The van der Waals surface area contributed by atoms with E-state index >= 15 is 0 Å². The van der Waals surface area contributed by atoms with Crippen LogP contribution in [0.2, 0.25) is 0 Å². The van der Waals surface area contributed by atoms with Gasteiger partial charge in [-0.05, 0) is 43.9 Å². The van der Waals surface area contributed by atoms with Gasteiger partial charge in [-0.3, -0.25) is 4.79 Å². The molecule has 0 unspecified atom stereocenters. The van der Waals surface area contributed by atoms with Crippen molar-refractivity contribution in [2.24, 2.45) is 5.73 Å². The molecule has 1 aliphatic rings. The van der Waals surface area contributed by atoms with E-state index in [9.17, 15) is 9.18 Å². The lowest BCUT2D eigenvalue weighted by molar-refractivity contribution is 0.0925. The van der Waals surface area contributed by atoms with Crippen LogP contribution in [-0.2, 0) is 0 Å². The third-order valence-electron chi connectivity index (χ3n) is 3.52. The molecule has 1 saturated carbocycles. The van der Waals surface area contributed by atoms with Gasteiger partial charge in [0.25, 0.3) is 5.91 Å². The van der Waals surface area contributed by atoms with Crippen molar-refractivity contribution in [2.75, 3.05) is 7.11 Å². The second kappa shape index (κ2) is 6.02. The summed E-state index contributed by atoms with van der Waals surface area (Å²) in [6.45, 7) is 0. The van der Waals surface area contributed by atoms with Crippen molar-refractivity contribution in [3.8, 4) is 5.75 Å². The highest BCUT2D eigenvalue weighted by Gasteiger charge is 2.20. The number of hydrogen-bond acceptors (Lipinski definition) is 3. The van der Waals surface area contributed by atoms with Gasteiger partial charge >= 0.3 is 0 Å². The van der Waals surface area contributed by atoms with Crippen LogP contribution < -0.4 is 15.8 Å². The van der Waals surface area contributed by atoms with Gasteiger partial charge in [0, 0.05) is 17.6 Å². The van der Waals surface area contributed by atoms with E-state index in [0.29, 0.717) is 5.56 Å². The van der Waals surface area contributed by atoms with Gasteiger partial charge < -0.3 is 15.8 Å². The van der Waals surface area contributed by atoms with Gasteiger partial charge in [0.15, 0.2) is 11.6 Å². The highest BCUT2D eigenvalue weighted by molar-refractivity contribution is 5.94. The number of benzene rings is 1. The molecule has 5 heteroatoms. The molecule has 0 bridgehead atoms. The fourth-order valence-electron chi connectivity index (χ4n) is 2.34. The smallest absolute Gasteiger partial charge is 0.251 e. The molecule has 0 aromatic heterocycles. The molecule has 4 nitrogen and oxygen atoms in total. The van der Waals surface area contributed by atoms with Gasteiger partial charge in [0.2, 0.25) is 0 Å². The van der Waals surface area contributed by atoms with E-state index in [1.807, 2.05) is 0 Å². The Hall–Kier alpha value is -1.62. The summed E-state index contributed by atoms with van der Waals surface area (Å²) in [7, 11) is 1.39. The van der Waals surface area contributed by atoms with Gasteiger partial charge in [0.05, 0.1) is 7.11 Å². The molecule has 0 aliphatic heterocycles. The predicted molar refractivity (Wildman–Crippen MR) is 70.6 cm³/mol. The van der Waals surface area contributed by atoms with Gasteiger partial charge in [-0.15, -0.1) is 0 Å². The van der Waals surface area contributed by atoms with Crippen LogP contribution in [0.3, 0.4) is 0 Å². The average Bonchev–Trinajstić information content (AvgIpc) is 2.41. The number of amides is 1. The summed E-state index contributed by atoms with van der Waals surface area (Å²) in [6, 6.07) is 4.60. The molecule has 2 rings (SSSR count). The first kappa shape index (κ1) is 13.8. The molecule has 0 saturated heterocycles. The summed E-state index contributed by atoms with van der Waals surface area (Å²) in [5, 5.41) is 2.92. The Morgan fingerprint density at radius 2 is 2.05 bits per heavy atom. The van der Waals surface area contributed by atoms with Crippen LogP contribution in [0.1, 0.15) is 36.0 Å². The Bertz CT molecular complexity index is 457. The van der Waals surface area contributed by atoms with Crippen molar-refractivity contribution in [2.45, 2.75) is 37.8 Å². The molecule has 1 aromatic rings. The van der Waals surface area contributed by atoms with Crippen LogP contribution in [0.5, 0.6) is 5.75 Å². The first-order valence-corrected chi connectivity index (χ1v) is 6.50. The number of hydrogen-bond donors (Lipinski definition) is 2. The van der Waals surface area contributed by atoms with Gasteiger partial charge in [0.1, 0.15) is 0 Å². The number of methoxy groups -OCH3 is 1. The van der Waals surface area contributed by atoms with Crippen molar-refractivity contribution >= 4 is 5.91 Å². The topological polar surface area (TPSA) is 64.3 Å². The fraction of sp³-hybridized carbons (Fsp3) is 0.500. The zero-order valence-electron chi connectivity index (χ0n) is 11.0. The minimum absolute atomic E-state index is 0.137. The number of rotatable bonds is 3. The lowest BCUT2D eigenvalue weighted by Gasteiger charge is -2.26. The molecule has 1 fully saturated rings. The SMILES string of the molecule is COc1ccc(C(=O)NC2CCC(N)CC2)cc1F. The molecule has 1 aromatic carbocycles. The molecule has 0 heterocycles. The summed E-state index contributed by atoms with van der Waals surface area (Å²) in [6.07, 6.45) is 3.60. The van der Waals surface area contributed by atoms with Gasteiger partial charge in [-0.1, -0.05) is 0 Å². The summed E-state index contributed by atoms with van der Waals surface area (Å²) in [5.41, 5.74) is 6.13. The standard InChI is InChI=1S/C14H19FN2O2/c1-19-13-7-2-9(8-12(13)15)14(18)17-11-5-3-10(16)4-6-11/h2,7-8,10-11H,3-6,16H2,1H3,(H,17,18). The summed E-state index contributed by atoms with van der Waals surface area (Å²) < 4.78 is 18.3. The third kappa shape index (κ3) is 3.44. The van der Waals surface area contributed by atoms with E-state index < -0.39 is 5.82 Å². The van der Waals surface area contributed by atoms with E-state index in [2.05, 4.69) is 5.32 Å². The van der Waals surface area contributed by atoms with Crippen molar-refractivity contribution < 1.29 is 13.9 Å². The van der Waals surface area contributed by atoms with E-state index in [4.69, 9.17) is 10.5 Å². The van der Waals surface area contributed by atoms with Crippen molar-refractivity contribution in [1.29, 1.82) is 0 Å². The highest BCUT2D eigenvalue weighted by Crippen LogP contribution is 2.20. The van der Waals surface area contributed by atoms with Gasteiger partial charge in [-0.25, -0.2) is 4.39 Å². The number of carbonyl (C=O) groups is 1. The number of nitrogens with two attached hydrogens (primary N) is 1. The normalized spacial score (nSPS) is 22.9. The Kier molecular flexibility index (Phi) is 4.37. The number of ether oxygens (including phenoxy) is 1. The van der Waals surface area contributed by atoms with E-state index in [0.717, 1.165) is 25.7 Å². The first-order chi connectivity index (χ1) is 9.10. The second-order valence-corrected chi connectivity index (χ2v) is 4.93. The van der Waals surface area contributed by atoms with E-state index in [1.54, 1.807) is 6.07 Å². The van der Waals surface area contributed by atoms with Gasteiger partial charge in [-0.2, -0.15) is 0 Å². The largest absolute Gasteiger partial charge is 0.494 e. The fourth-order valence-corrected chi connectivity index (χ4v) is 2.34. The van der Waals surface area contributed by atoms with Crippen LogP contribution in [0.25, 0.3) is 0 Å². The molecule has 1 aliphatic carbocycles. The first-order valence-electron chi connectivity index (χ1n) is 6.50. The molecule has 3 N–H and O–H groups in total. The van der Waals surface area contributed by atoms with E-state index in [-0.39, 0.29) is 23.7 Å². The van der Waals surface area contributed by atoms with Crippen LogP contribution >= 0.6 is 0 Å². The number of nitrogens with one attached hydrogen (secondary N) is 1. The zero-order chi connectivity index (χ0) is 13.8. The van der Waals surface area contributed by atoms with Crippen LogP contribution in [0.4, 0.5) is 4.39 Å².